The van der Waals surface area contributed by atoms with Crippen LogP contribution in [0.5, 0.6) is 0 Å². The first-order valence-corrected chi connectivity index (χ1v) is 13.0. The first kappa shape index (κ1) is 27.3. The van der Waals surface area contributed by atoms with Crippen molar-refractivity contribution in [3.8, 4) is 0 Å². The number of hydrogen-bond donors (Lipinski definition) is 1. The summed E-state index contributed by atoms with van der Waals surface area (Å²) in [6.07, 6.45) is 0.161. The zero-order chi connectivity index (χ0) is 26.3. The average molecular weight is 532 g/mol. The Kier molecular flexibility index (Phi) is 9.19. The minimum atomic E-state index is -4.02. The first-order chi connectivity index (χ1) is 17.1. The SMILES string of the molecule is CNC(=O)[C@H](Cc1ccccc1)N(Cc1ccccc1F)C(=O)CN(C)S(=O)(=O)c1ccc(Cl)cc1. The third-order valence-corrected chi connectivity index (χ3v) is 7.77. The molecule has 0 unspecified atom stereocenters. The summed E-state index contributed by atoms with van der Waals surface area (Å²) in [7, 11) is -1.30. The van der Waals surface area contributed by atoms with Crippen LogP contribution in [-0.4, -0.2) is 56.1 Å². The molecule has 0 heterocycles. The van der Waals surface area contributed by atoms with Gasteiger partial charge in [0.1, 0.15) is 11.9 Å². The summed E-state index contributed by atoms with van der Waals surface area (Å²) in [5.41, 5.74) is 0.996. The maximum absolute atomic E-state index is 14.5. The summed E-state index contributed by atoms with van der Waals surface area (Å²) in [5.74, 6) is -1.64. The van der Waals surface area contributed by atoms with Gasteiger partial charge in [0, 0.05) is 37.6 Å². The molecule has 0 bridgehead atoms. The number of hydrogen-bond acceptors (Lipinski definition) is 4. The van der Waals surface area contributed by atoms with Crippen molar-refractivity contribution in [3.05, 3.63) is 101 Å². The Hall–Kier alpha value is -3.27. The van der Waals surface area contributed by atoms with E-state index in [0.717, 1.165) is 9.87 Å². The van der Waals surface area contributed by atoms with E-state index in [2.05, 4.69) is 5.32 Å². The number of benzene rings is 3. The molecule has 1 N–H and O–H groups in total. The molecular weight excluding hydrogens is 505 g/mol. The lowest BCUT2D eigenvalue weighted by Crippen LogP contribution is -2.52. The fourth-order valence-corrected chi connectivity index (χ4v) is 4.93. The molecule has 3 rings (SSSR count). The molecular formula is C26H27ClFN3O4S. The van der Waals surface area contributed by atoms with E-state index in [9.17, 15) is 22.4 Å². The second-order valence-corrected chi connectivity index (χ2v) is 10.6. The van der Waals surface area contributed by atoms with Gasteiger partial charge in [-0.25, -0.2) is 12.8 Å². The van der Waals surface area contributed by atoms with Gasteiger partial charge in [0.05, 0.1) is 11.4 Å². The summed E-state index contributed by atoms with van der Waals surface area (Å²) in [6.45, 7) is -0.771. The highest BCUT2D eigenvalue weighted by Gasteiger charge is 2.33. The highest BCUT2D eigenvalue weighted by Crippen LogP contribution is 2.20. The van der Waals surface area contributed by atoms with Crippen molar-refractivity contribution in [2.45, 2.75) is 23.9 Å². The number of nitrogens with one attached hydrogen (secondary N) is 1. The standard InChI is InChI=1S/C26H27ClFN3O4S/c1-29-26(33)24(16-19-8-4-3-5-9-19)31(17-20-10-6-7-11-23(20)28)25(32)18-30(2)36(34,35)22-14-12-21(27)13-15-22/h3-15,24H,16-18H2,1-2H3,(H,29,33)/t24-/m0/s1. The quantitative estimate of drug-likeness (QED) is 0.434. The van der Waals surface area contributed by atoms with Gasteiger partial charge in [0.25, 0.3) is 0 Å². The smallest absolute Gasteiger partial charge is 0.243 e. The van der Waals surface area contributed by atoms with Gasteiger partial charge in [-0.3, -0.25) is 9.59 Å². The second kappa shape index (κ2) is 12.1. The molecule has 2 amide bonds. The summed E-state index contributed by atoms with van der Waals surface area (Å²) in [5, 5.41) is 2.94. The van der Waals surface area contributed by atoms with E-state index in [4.69, 9.17) is 11.6 Å². The first-order valence-electron chi connectivity index (χ1n) is 11.1. The maximum atomic E-state index is 14.5. The number of carbonyl (C=O) groups excluding carboxylic acids is 2. The molecule has 0 aliphatic heterocycles. The predicted octanol–water partition coefficient (Wildman–Crippen LogP) is 3.49. The molecule has 0 aromatic heterocycles. The Morgan fingerprint density at radius 1 is 0.972 bits per heavy atom. The van der Waals surface area contributed by atoms with Gasteiger partial charge in [0.15, 0.2) is 0 Å². The van der Waals surface area contributed by atoms with E-state index in [1.807, 2.05) is 30.3 Å². The van der Waals surface area contributed by atoms with Crippen LogP contribution in [-0.2, 0) is 32.6 Å². The summed E-state index contributed by atoms with van der Waals surface area (Å²) >= 11 is 5.86. The van der Waals surface area contributed by atoms with E-state index in [1.54, 1.807) is 6.07 Å². The van der Waals surface area contributed by atoms with Crippen LogP contribution in [0.1, 0.15) is 11.1 Å². The Bertz CT molecular complexity index is 1300. The topological polar surface area (TPSA) is 86.8 Å². The normalized spacial score (nSPS) is 12.2. The van der Waals surface area contributed by atoms with Gasteiger partial charge in [-0.05, 0) is 35.9 Å². The van der Waals surface area contributed by atoms with Gasteiger partial charge < -0.3 is 10.2 Å². The van der Waals surface area contributed by atoms with Crippen molar-refractivity contribution in [1.29, 1.82) is 0 Å². The highest BCUT2D eigenvalue weighted by molar-refractivity contribution is 7.89. The van der Waals surface area contributed by atoms with Crippen LogP contribution in [0, 0.1) is 5.82 Å². The Morgan fingerprint density at radius 3 is 2.19 bits per heavy atom. The van der Waals surface area contributed by atoms with Crippen molar-refractivity contribution in [2.75, 3.05) is 20.6 Å². The number of carbonyl (C=O) groups is 2. The van der Waals surface area contributed by atoms with Crippen LogP contribution < -0.4 is 5.32 Å². The zero-order valence-electron chi connectivity index (χ0n) is 19.9. The summed E-state index contributed by atoms with van der Waals surface area (Å²) in [4.78, 5) is 27.7. The average Bonchev–Trinajstić information content (AvgIpc) is 2.87. The van der Waals surface area contributed by atoms with Gasteiger partial charge in [-0.1, -0.05) is 60.1 Å². The van der Waals surface area contributed by atoms with Crippen LogP contribution in [0.4, 0.5) is 4.39 Å². The molecule has 0 aliphatic carbocycles. The van der Waals surface area contributed by atoms with Crippen molar-refractivity contribution in [3.63, 3.8) is 0 Å². The number of likely N-dealkylation sites (N-methyl/N-ethyl adjacent to an activating group) is 2. The van der Waals surface area contributed by atoms with Crippen LogP contribution in [0.15, 0.2) is 83.8 Å². The predicted molar refractivity (Wildman–Crippen MR) is 136 cm³/mol. The maximum Gasteiger partial charge on any atom is 0.243 e. The molecule has 0 aliphatic rings. The molecule has 0 saturated heterocycles. The van der Waals surface area contributed by atoms with Gasteiger partial charge in [-0.2, -0.15) is 4.31 Å². The van der Waals surface area contributed by atoms with E-state index in [-0.39, 0.29) is 23.4 Å². The molecule has 7 nitrogen and oxygen atoms in total. The molecule has 10 heteroatoms. The fraction of sp³-hybridized carbons (Fsp3) is 0.231. The third-order valence-electron chi connectivity index (χ3n) is 5.70. The van der Waals surface area contributed by atoms with Crippen molar-refractivity contribution < 1.29 is 22.4 Å². The van der Waals surface area contributed by atoms with E-state index in [1.165, 1.54) is 61.5 Å². The molecule has 3 aromatic rings. The number of amides is 2. The summed E-state index contributed by atoms with van der Waals surface area (Å²) in [6, 6.07) is 19.6. The molecule has 190 valence electrons. The fourth-order valence-electron chi connectivity index (χ4n) is 3.68. The Labute approximate surface area is 215 Å². The molecule has 36 heavy (non-hydrogen) atoms. The molecule has 0 saturated carbocycles. The van der Waals surface area contributed by atoms with Gasteiger partial charge in [-0.15, -0.1) is 0 Å². The number of rotatable bonds is 10. The van der Waals surface area contributed by atoms with E-state index < -0.39 is 40.2 Å². The number of halogens is 2. The highest BCUT2D eigenvalue weighted by atomic mass is 35.5. The minimum Gasteiger partial charge on any atom is -0.357 e. The monoisotopic (exact) mass is 531 g/mol. The van der Waals surface area contributed by atoms with Crippen molar-refractivity contribution in [1.82, 2.24) is 14.5 Å². The molecule has 0 fully saturated rings. The van der Waals surface area contributed by atoms with Crippen LogP contribution >= 0.6 is 11.6 Å². The molecule has 3 aromatic carbocycles. The zero-order valence-corrected chi connectivity index (χ0v) is 21.5. The van der Waals surface area contributed by atoms with Crippen LogP contribution in [0.25, 0.3) is 0 Å². The second-order valence-electron chi connectivity index (χ2n) is 8.15. The lowest BCUT2D eigenvalue weighted by atomic mass is 10.0. The number of nitrogens with zero attached hydrogens (tertiary/aromatic N) is 2. The largest absolute Gasteiger partial charge is 0.357 e. The Balaban J connectivity index is 1.95. The summed E-state index contributed by atoms with van der Waals surface area (Å²) < 4.78 is 41.5. The number of sulfonamides is 1. The van der Waals surface area contributed by atoms with Crippen LogP contribution in [0.3, 0.4) is 0 Å². The molecule has 1 atom stereocenters. The minimum absolute atomic E-state index is 0.0324. The lowest BCUT2D eigenvalue weighted by molar-refractivity contribution is -0.141. The lowest BCUT2D eigenvalue weighted by Gasteiger charge is -2.32. The van der Waals surface area contributed by atoms with Gasteiger partial charge in [0.2, 0.25) is 21.8 Å². The molecule has 0 radical (unpaired) electrons. The van der Waals surface area contributed by atoms with Crippen molar-refractivity contribution in [2.24, 2.45) is 0 Å². The van der Waals surface area contributed by atoms with Crippen LogP contribution in [0.2, 0.25) is 5.02 Å². The van der Waals surface area contributed by atoms with E-state index in [0.29, 0.717) is 5.02 Å². The van der Waals surface area contributed by atoms with Gasteiger partial charge >= 0.3 is 0 Å². The van der Waals surface area contributed by atoms with E-state index >= 15 is 0 Å². The third kappa shape index (κ3) is 6.69. The Morgan fingerprint density at radius 2 is 1.58 bits per heavy atom. The van der Waals surface area contributed by atoms with Crippen molar-refractivity contribution >= 4 is 33.4 Å². The molecule has 0 spiro atoms.